The number of carboxylic acid groups (broad SMARTS) is 1. The van der Waals surface area contributed by atoms with Crippen LogP contribution in [0.15, 0.2) is 12.3 Å². The molecule has 0 bridgehead atoms. The van der Waals surface area contributed by atoms with Gasteiger partial charge in [0, 0.05) is 6.54 Å². The van der Waals surface area contributed by atoms with Crippen LogP contribution in [0.25, 0.3) is 0 Å². The number of rotatable bonds is 7. The van der Waals surface area contributed by atoms with Crippen molar-refractivity contribution in [2.24, 2.45) is 0 Å². The van der Waals surface area contributed by atoms with E-state index in [-0.39, 0.29) is 5.56 Å². The number of carboxylic acids is 1. The highest BCUT2D eigenvalue weighted by molar-refractivity contribution is 7.98. The molecule has 16 heavy (non-hydrogen) atoms. The van der Waals surface area contributed by atoms with Crippen molar-refractivity contribution in [1.29, 1.82) is 0 Å². The third-order valence-corrected chi connectivity index (χ3v) is 2.72. The van der Waals surface area contributed by atoms with Crippen LogP contribution >= 0.6 is 11.8 Å². The molecular formula is C10H15N3O2S. The van der Waals surface area contributed by atoms with Gasteiger partial charge < -0.3 is 10.4 Å². The Kier molecular flexibility index (Phi) is 5.63. The van der Waals surface area contributed by atoms with E-state index in [2.05, 4.69) is 21.8 Å². The highest BCUT2D eigenvalue weighted by atomic mass is 32.2. The summed E-state index contributed by atoms with van der Waals surface area (Å²) < 4.78 is 0. The second-order valence-electron chi connectivity index (χ2n) is 3.23. The van der Waals surface area contributed by atoms with Crippen LogP contribution < -0.4 is 5.32 Å². The van der Waals surface area contributed by atoms with Crippen molar-refractivity contribution >= 4 is 23.5 Å². The van der Waals surface area contributed by atoms with Crippen molar-refractivity contribution in [3.8, 4) is 0 Å². The van der Waals surface area contributed by atoms with Crippen molar-refractivity contribution in [2.75, 3.05) is 23.9 Å². The maximum Gasteiger partial charge on any atom is 0.339 e. The Morgan fingerprint density at radius 1 is 1.56 bits per heavy atom. The molecule has 2 N–H and O–H groups in total. The lowest BCUT2D eigenvalue weighted by atomic mass is 10.2. The fraction of sp³-hybridized carbons (Fsp3) is 0.500. The van der Waals surface area contributed by atoms with Gasteiger partial charge in [-0.2, -0.15) is 16.9 Å². The van der Waals surface area contributed by atoms with E-state index in [0.29, 0.717) is 5.82 Å². The van der Waals surface area contributed by atoms with Crippen molar-refractivity contribution in [2.45, 2.75) is 12.8 Å². The van der Waals surface area contributed by atoms with Gasteiger partial charge in [-0.15, -0.1) is 5.10 Å². The number of aromatic nitrogens is 2. The van der Waals surface area contributed by atoms with E-state index in [1.807, 2.05) is 0 Å². The minimum Gasteiger partial charge on any atom is -0.478 e. The normalized spacial score (nSPS) is 10.1. The van der Waals surface area contributed by atoms with Crippen LogP contribution in [0.3, 0.4) is 0 Å². The molecule has 1 rings (SSSR count). The zero-order valence-electron chi connectivity index (χ0n) is 9.14. The molecule has 1 aromatic rings. The third-order valence-electron chi connectivity index (χ3n) is 2.02. The van der Waals surface area contributed by atoms with Crippen LogP contribution in [0, 0.1) is 0 Å². The van der Waals surface area contributed by atoms with Gasteiger partial charge >= 0.3 is 5.97 Å². The minimum atomic E-state index is -0.985. The van der Waals surface area contributed by atoms with Crippen LogP contribution in [0.5, 0.6) is 0 Å². The van der Waals surface area contributed by atoms with Crippen molar-refractivity contribution in [3.05, 3.63) is 17.8 Å². The molecule has 0 saturated carbocycles. The van der Waals surface area contributed by atoms with Crippen LogP contribution in [0.2, 0.25) is 0 Å². The fourth-order valence-electron chi connectivity index (χ4n) is 1.21. The molecule has 0 aliphatic heterocycles. The molecule has 0 radical (unpaired) electrons. The Balaban J connectivity index is 2.44. The first-order chi connectivity index (χ1) is 7.75. The number of aromatic carboxylic acids is 1. The van der Waals surface area contributed by atoms with Crippen molar-refractivity contribution < 1.29 is 9.90 Å². The van der Waals surface area contributed by atoms with Crippen LogP contribution in [-0.2, 0) is 0 Å². The largest absolute Gasteiger partial charge is 0.478 e. The summed E-state index contributed by atoms with van der Waals surface area (Å²) in [5.41, 5.74) is 0.167. The van der Waals surface area contributed by atoms with Gasteiger partial charge in [-0.25, -0.2) is 4.79 Å². The number of nitrogens with one attached hydrogen (secondary N) is 1. The number of thioether (sulfide) groups is 1. The van der Waals surface area contributed by atoms with Crippen molar-refractivity contribution in [3.63, 3.8) is 0 Å². The first-order valence-electron chi connectivity index (χ1n) is 5.03. The van der Waals surface area contributed by atoms with E-state index in [1.54, 1.807) is 11.8 Å². The second-order valence-corrected chi connectivity index (χ2v) is 4.21. The Bertz CT molecular complexity index is 347. The Hall–Kier alpha value is -1.30. The lowest BCUT2D eigenvalue weighted by Gasteiger charge is -2.06. The summed E-state index contributed by atoms with van der Waals surface area (Å²) in [5, 5.41) is 19.3. The lowest BCUT2D eigenvalue weighted by molar-refractivity contribution is 0.0697. The van der Waals surface area contributed by atoms with Crippen LogP contribution in [0.4, 0.5) is 5.82 Å². The summed E-state index contributed by atoms with van der Waals surface area (Å²) in [6, 6.07) is 1.44. The molecule has 0 fully saturated rings. The molecule has 88 valence electrons. The molecular weight excluding hydrogens is 226 g/mol. The quantitative estimate of drug-likeness (QED) is 0.708. The monoisotopic (exact) mass is 241 g/mol. The SMILES string of the molecule is CSCCCCNc1nnccc1C(=O)O. The van der Waals surface area contributed by atoms with E-state index in [9.17, 15) is 4.79 Å². The molecule has 0 atom stereocenters. The second kappa shape index (κ2) is 7.05. The fourth-order valence-corrected chi connectivity index (χ4v) is 1.71. The molecule has 0 spiro atoms. The zero-order chi connectivity index (χ0) is 11.8. The molecule has 0 unspecified atom stereocenters. The maximum atomic E-state index is 10.8. The number of unbranched alkanes of at least 4 members (excludes halogenated alkanes) is 1. The number of hydrogen-bond donors (Lipinski definition) is 2. The van der Waals surface area contributed by atoms with Gasteiger partial charge in [-0.05, 0) is 30.9 Å². The summed E-state index contributed by atoms with van der Waals surface area (Å²) in [5.74, 6) is 0.481. The minimum absolute atomic E-state index is 0.167. The highest BCUT2D eigenvalue weighted by Crippen LogP contribution is 2.10. The van der Waals surface area contributed by atoms with Crippen LogP contribution in [0.1, 0.15) is 23.2 Å². The van der Waals surface area contributed by atoms with Gasteiger partial charge in [-0.1, -0.05) is 0 Å². The summed E-state index contributed by atoms with van der Waals surface area (Å²) in [4.78, 5) is 10.8. The van der Waals surface area contributed by atoms with Gasteiger partial charge in [0.15, 0.2) is 5.82 Å². The van der Waals surface area contributed by atoms with E-state index >= 15 is 0 Å². The number of anilines is 1. The summed E-state index contributed by atoms with van der Waals surface area (Å²) >= 11 is 1.81. The predicted molar refractivity (Wildman–Crippen MR) is 65.1 cm³/mol. The molecule has 1 heterocycles. The van der Waals surface area contributed by atoms with Gasteiger partial charge in [0.25, 0.3) is 0 Å². The van der Waals surface area contributed by atoms with Gasteiger partial charge in [0.2, 0.25) is 0 Å². The average molecular weight is 241 g/mol. The molecule has 0 saturated heterocycles. The van der Waals surface area contributed by atoms with Gasteiger partial charge in [0.05, 0.1) is 6.20 Å². The smallest absolute Gasteiger partial charge is 0.339 e. The number of carbonyl (C=O) groups is 1. The molecule has 0 amide bonds. The summed E-state index contributed by atoms with van der Waals surface area (Å²) in [7, 11) is 0. The number of hydrogen-bond acceptors (Lipinski definition) is 5. The molecule has 0 aromatic carbocycles. The molecule has 6 heteroatoms. The summed E-state index contributed by atoms with van der Waals surface area (Å²) in [6.07, 6.45) is 5.55. The van der Waals surface area contributed by atoms with E-state index in [0.717, 1.165) is 25.1 Å². The number of nitrogens with zero attached hydrogens (tertiary/aromatic N) is 2. The van der Waals surface area contributed by atoms with Crippen LogP contribution in [-0.4, -0.2) is 39.8 Å². The topological polar surface area (TPSA) is 75.1 Å². The standard InChI is InChI=1S/C10H15N3O2S/c1-16-7-3-2-5-11-9-8(10(14)15)4-6-12-13-9/h4,6H,2-3,5,7H2,1H3,(H,11,13)(H,14,15). The first-order valence-corrected chi connectivity index (χ1v) is 6.43. The van der Waals surface area contributed by atoms with E-state index < -0.39 is 5.97 Å². The lowest BCUT2D eigenvalue weighted by Crippen LogP contribution is -2.10. The highest BCUT2D eigenvalue weighted by Gasteiger charge is 2.10. The Morgan fingerprint density at radius 2 is 2.38 bits per heavy atom. The first kappa shape index (κ1) is 12.8. The zero-order valence-corrected chi connectivity index (χ0v) is 9.96. The Labute approximate surface area is 98.7 Å². The van der Waals surface area contributed by atoms with E-state index in [1.165, 1.54) is 12.3 Å². The van der Waals surface area contributed by atoms with Crippen molar-refractivity contribution in [1.82, 2.24) is 10.2 Å². The third kappa shape index (κ3) is 4.06. The Morgan fingerprint density at radius 3 is 3.06 bits per heavy atom. The molecule has 0 aliphatic rings. The molecule has 1 aromatic heterocycles. The molecule has 0 aliphatic carbocycles. The van der Waals surface area contributed by atoms with E-state index in [4.69, 9.17) is 5.11 Å². The maximum absolute atomic E-state index is 10.8. The summed E-state index contributed by atoms with van der Waals surface area (Å²) in [6.45, 7) is 0.722. The van der Waals surface area contributed by atoms with Gasteiger partial charge in [0.1, 0.15) is 5.56 Å². The molecule has 5 nitrogen and oxygen atoms in total. The average Bonchev–Trinajstić information content (AvgIpc) is 2.29. The van der Waals surface area contributed by atoms with Gasteiger partial charge in [-0.3, -0.25) is 0 Å². The predicted octanol–water partition coefficient (Wildman–Crippen LogP) is 1.73.